The molecule has 27 heavy (non-hydrogen) atoms. The molecule has 142 valence electrons. The van der Waals surface area contributed by atoms with Crippen LogP contribution in [-0.4, -0.2) is 31.5 Å². The third-order valence-corrected chi connectivity index (χ3v) is 4.64. The summed E-state index contributed by atoms with van der Waals surface area (Å²) in [6.45, 7) is 0. The summed E-state index contributed by atoms with van der Waals surface area (Å²) in [6.07, 6.45) is 0. The van der Waals surface area contributed by atoms with E-state index >= 15 is 0 Å². The predicted molar refractivity (Wildman–Crippen MR) is 95.3 cm³/mol. The molecule has 0 aliphatic rings. The van der Waals surface area contributed by atoms with Crippen molar-refractivity contribution in [2.75, 3.05) is 21.3 Å². The van der Waals surface area contributed by atoms with Crippen LogP contribution in [0.3, 0.4) is 0 Å². The van der Waals surface area contributed by atoms with Gasteiger partial charge in [0.1, 0.15) is 11.6 Å². The van der Waals surface area contributed by atoms with Gasteiger partial charge in [-0.15, -0.1) is 22.0 Å². The maximum Gasteiger partial charge on any atom is 0.248 e. The normalized spacial score (nSPS) is 10.7. The quantitative estimate of drug-likeness (QED) is 0.553. The van der Waals surface area contributed by atoms with E-state index in [0.29, 0.717) is 22.8 Å². The summed E-state index contributed by atoms with van der Waals surface area (Å²) >= 11 is 1.06. The highest BCUT2D eigenvalue weighted by atomic mass is 32.2. The van der Waals surface area contributed by atoms with Gasteiger partial charge in [-0.25, -0.2) is 8.78 Å². The molecule has 0 aliphatic carbocycles. The van der Waals surface area contributed by atoms with Gasteiger partial charge < -0.3 is 18.6 Å². The summed E-state index contributed by atoms with van der Waals surface area (Å²) in [7, 11) is 4.52. The van der Waals surface area contributed by atoms with E-state index in [4.69, 9.17) is 18.6 Å². The minimum absolute atomic E-state index is 0.169. The number of ether oxygens (including phenoxy) is 3. The van der Waals surface area contributed by atoms with E-state index in [-0.39, 0.29) is 22.4 Å². The Morgan fingerprint density at radius 2 is 1.67 bits per heavy atom. The number of thioether (sulfide) groups is 1. The monoisotopic (exact) mass is 394 g/mol. The summed E-state index contributed by atoms with van der Waals surface area (Å²) in [6, 6.07) is 6.62. The molecule has 0 atom stereocenters. The largest absolute Gasteiger partial charge is 0.493 e. The van der Waals surface area contributed by atoms with E-state index in [9.17, 15) is 8.78 Å². The van der Waals surface area contributed by atoms with Crippen LogP contribution in [0, 0.1) is 11.6 Å². The van der Waals surface area contributed by atoms with Gasteiger partial charge in [-0.05, 0) is 30.3 Å². The van der Waals surface area contributed by atoms with Crippen molar-refractivity contribution in [2.45, 2.75) is 10.6 Å². The summed E-state index contributed by atoms with van der Waals surface area (Å²) < 4.78 is 48.4. The number of halogens is 2. The fraction of sp³-hybridized carbons (Fsp3) is 0.222. The highest BCUT2D eigenvalue weighted by Crippen LogP contribution is 2.41. The van der Waals surface area contributed by atoms with E-state index in [2.05, 4.69) is 10.2 Å². The first-order chi connectivity index (χ1) is 13.0. The summed E-state index contributed by atoms with van der Waals surface area (Å²) in [5, 5.41) is 7.94. The number of hydrogen-bond acceptors (Lipinski definition) is 7. The maximum atomic E-state index is 13.7. The fourth-order valence-corrected chi connectivity index (χ4v) is 3.16. The molecule has 9 heteroatoms. The van der Waals surface area contributed by atoms with E-state index in [1.165, 1.54) is 21.3 Å². The second kappa shape index (κ2) is 8.26. The van der Waals surface area contributed by atoms with Crippen LogP contribution in [0.1, 0.15) is 5.89 Å². The van der Waals surface area contributed by atoms with Crippen molar-refractivity contribution in [3.63, 3.8) is 0 Å². The molecule has 0 aliphatic heterocycles. The van der Waals surface area contributed by atoms with Crippen LogP contribution in [-0.2, 0) is 5.75 Å². The topological polar surface area (TPSA) is 66.6 Å². The zero-order valence-corrected chi connectivity index (χ0v) is 15.6. The van der Waals surface area contributed by atoms with Gasteiger partial charge in [0, 0.05) is 10.5 Å². The third-order valence-electron chi connectivity index (χ3n) is 3.62. The zero-order valence-electron chi connectivity index (χ0n) is 14.8. The molecule has 0 N–H and O–H groups in total. The lowest BCUT2D eigenvalue weighted by Gasteiger charge is -2.12. The molecule has 0 spiro atoms. The van der Waals surface area contributed by atoms with Gasteiger partial charge in [-0.3, -0.25) is 0 Å². The zero-order chi connectivity index (χ0) is 19.4. The Bertz CT molecular complexity index is 924. The molecule has 2 aromatic carbocycles. The van der Waals surface area contributed by atoms with Gasteiger partial charge in [-0.2, -0.15) is 0 Å². The maximum absolute atomic E-state index is 13.7. The molecule has 0 bridgehead atoms. The average Bonchev–Trinajstić information content (AvgIpc) is 3.16. The number of aromatic nitrogens is 2. The number of rotatable bonds is 7. The summed E-state index contributed by atoms with van der Waals surface area (Å²) in [4.78, 5) is 0.169. The third kappa shape index (κ3) is 4.13. The first-order valence-electron chi connectivity index (χ1n) is 7.76. The number of nitrogens with zero attached hydrogens (tertiary/aromatic N) is 2. The number of hydrogen-bond donors (Lipinski definition) is 0. The first kappa shape index (κ1) is 19.0. The van der Waals surface area contributed by atoms with E-state index in [1.807, 2.05) is 0 Å². The van der Waals surface area contributed by atoms with Crippen molar-refractivity contribution in [3.8, 4) is 28.7 Å². The van der Waals surface area contributed by atoms with Crippen LogP contribution in [0.5, 0.6) is 17.2 Å². The molecule has 0 amide bonds. The molecule has 0 radical (unpaired) electrons. The lowest BCUT2D eigenvalue weighted by Crippen LogP contribution is -1.95. The van der Waals surface area contributed by atoms with Gasteiger partial charge in [0.15, 0.2) is 11.5 Å². The lowest BCUT2D eigenvalue weighted by molar-refractivity contribution is 0.324. The van der Waals surface area contributed by atoms with Crippen LogP contribution in [0.25, 0.3) is 11.5 Å². The molecule has 0 saturated carbocycles. The molecule has 3 rings (SSSR count). The molecular weight excluding hydrogens is 378 g/mol. The highest BCUT2D eigenvalue weighted by Gasteiger charge is 2.18. The van der Waals surface area contributed by atoms with E-state index < -0.39 is 11.6 Å². The van der Waals surface area contributed by atoms with Gasteiger partial charge >= 0.3 is 0 Å². The van der Waals surface area contributed by atoms with Crippen molar-refractivity contribution in [3.05, 3.63) is 47.9 Å². The summed E-state index contributed by atoms with van der Waals surface area (Å²) in [5.74, 6) is 1.02. The first-order valence-corrected chi connectivity index (χ1v) is 8.75. The lowest BCUT2D eigenvalue weighted by atomic mass is 10.2. The van der Waals surface area contributed by atoms with Gasteiger partial charge in [0.2, 0.25) is 17.5 Å². The van der Waals surface area contributed by atoms with Crippen molar-refractivity contribution in [1.29, 1.82) is 0 Å². The summed E-state index contributed by atoms with van der Waals surface area (Å²) in [5.41, 5.74) is 0.574. The molecular formula is C18H16F2N2O4S. The van der Waals surface area contributed by atoms with Crippen LogP contribution in [0.4, 0.5) is 8.78 Å². The molecule has 3 aromatic rings. The number of methoxy groups -OCH3 is 3. The van der Waals surface area contributed by atoms with Crippen molar-refractivity contribution < 1.29 is 27.4 Å². The Hall–Kier alpha value is -2.81. The average molecular weight is 394 g/mol. The van der Waals surface area contributed by atoms with Gasteiger partial charge in [0.25, 0.3) is 0 Å². The Morgan fingerprint density at radius 1 is 0.963 bits per heavy atom. The van der Waals surface area contributed by atoms with Gasteiger partial charge in [0.05, 0.1) is 27.1 Å². The standard InChI is InChI=1S/C18H16F2N2O4S/c1-23-13-6-10(7-14(24-2)17(13)25-3)18-22-21-16(26-18)9-27-15-8-11(19)4-5-12(15)20/h4-8H,9H2,1-3H3. The molecule has 0 saturated heterocycles. The minimum atomic E-state index is -0.512. The van der Waals surface area contributed by atoms with Crippen LogP contribution in [0.15, 0.2) is 39.6 Å². The van der Waals surface area contributed by atoms with Crippen LogP contribution in [0.2, 0.25) is 0 Å². The van der Waals surface area contributed by atoms with Gasteiger partial charge in [-0.1, -0.05) is 0 Å². The predicted octanol–water partition coefficient (Wildman–Crippen LogP) is 4.33. The Balaban J connectivity index is 1.82. The van der Waals surface area contributed by atoms with Crippen LogP contribution >= 0.6 is 11.8 Å². The highest BCUT2D eigenvalue weighted by molar-refractivity contribution is 7.98. The smallest absolute Gasteiger partial charge is 0.248 e. The Labute approximate surface area is 158 Å². The molecule has 0 fully saturated rings. The second-order valence-electron chi connectivity index (χ2n) is 5.28. The second-order valence-corrected chi connectivity index (χ2v) is 6.30. The van der Waals surface area contributed by atoms with Crippen molar-refractivity contribution in [1.82, 2.24) is 10.2 Å². The fourth-order valence-electron chi connectivity index (χ4n) is 2.36. The molecule has 0 unspecified atom stereocenters. The van der Waals surface area contributed by atoms with Crippen molar-refractivity contribution in [2.24, 2.45) is 0 Å². The number of benzene rings is 2. The van der Waals surface area contributed by atoms with Crippen LogP contribution < -0.4 is 14.2 Å². The Kier molecular flexibility index (Phi) is 5.80. The molecule has 1 heterocycles. The molecule has 1 aromatic heterocycles. The molecule has 6 nitrogen and oxygen atoms in total. The van der Waals surface area contributed by atoms with E-state index in [1.54, 1.807) is 12.1 Å². The van der Waals surface area contributed by atoms with E-state index in [0.717, 1.165) is 30.0 Å². The van der Waals surface area contributed by atoms with Crippen molar-refractivity contribution >= 4 is 11.8 Å². The minimum Gasteiger partial charge on any atom is -0.493 e. The SMILES string of the molecule is COc1cc(-c2nnc(CSc3cc(F)ccc3F)o2)cc(OC)c1OC. The Morgan fingerprint density at radius 3 is 2.30 bits per heavy atom.